The third-order valence-electron chi connectivity index (χ3n) is 9.14. The Kier molecular flexibility index (Phi) is 10.0. The summed E-state index contributed by atoms with van der Waals surface area (Å²) in [5, 5.41) is 7.00. The summed E-state index contributed by atoms with van der Waals surface area (Å²) in [6.45, 7) is 14.2. The number of alkyl carbamates (subject to hydrolysis) is 1. The van der Waals surface area contributed by atoms with Crippen LogP contribution in [0.15, 0.2) is 60.0 Å². The number of nitrogens with zero attached hydrogens (tertiary/aromatic N) is 4. The Labute approximate surface area is 283 Å². The van der Waals surface area contributed by atoms with Crippen molar-refractivity contribution in [2.24, 2.45) is 5.10 Å². The minimum Gasteiger partial charge on any atom is -0.444 e. The highest BCUT2D eigenvalue weighted by atomic mass is 16.6. The number of carbonyl (C=O) groups excluding carboxylic acids is 3. The molecule has 3 aromatic rings. The van der Waals surface area contributed by atoms with Gasteiger partial charge in [0.25, 0.3) is 0 Å². The van der Waals surface area contributed by atoms with Gasteiger partial charge in [-0.25, -0.2) is 10.2 Å². The second-order valence-corrected chi connectivity index (χ2v) is 14.9. The van der Waals surface area contributed by atoms with Crippen LogP contribution in [0.5, 0.6) is 0 Å². The van der Waals surface area contributed by atoms with Crippen molar-refractivity contribution < 1.29 is 19.1 Å². The number of hydrogen-bond donors (Lipinski definition) is 2. The Hall–Kier alpha value is -4.60. The highest BCUT2D eigenvalue weighted by Crippen LogP contribution is 2.52. The Morgan fingerprint density at radius 2 is 1.85 bits per heavy atom. The molecule has 10 heteroatoms. The standard InChI is InChI=1S/C38H48N6O4/c1-25-13-14-27(20-30(25)31(43-42-24-45)22-41-35(47)48-37(5,6)7)38(17-18-38)34(46)44(23-29-16-15-28(21-40-29)36(2,3)4)32-12-8-10-26-11-9-19-39-33(26)32/h9,11,13-16,19-21,24,32H,8,10,12,17-18,22-23H2,1-7H3,(H,41,47)(H,42,45)/b43-31-. The first-order chi connectivity index (χ1) is 22.7. The molecule has 1 fully saturated rings. The van der Waals surface area contributed by atoms with E-state index in [2.05, 4.69) is 48.7 Å². The van der Waals surface area contributed by atoms with Crippen LogP contribution in [-0.4, -0.2) is 51.1 Å². The van der Waals surface area contributed by atoms with Gasteiger partial charge in [-0.05, 0) is 106 Å². The lowest BCUT2D eigenvalue weighted by Gasteiger charge is -2.37. The molecule has 48 heavy (non-hydrogen) atoms. The molecular formula is C38H48N6O4. The van der Waals surface area contributed by atoms with Gasteiger partial charge in [0.05, 0.1) is 41.6 Å². The van der Waals surface area contributed by atoms with Crippen LogP contribution in [0.2, 0.25) is 0 Å². The summed E-state index contributed by atoms with van der Waals surface area (Å²) in [7, 11) is 0. The molecule has 2 heterocycles. The zero-order chi connectivity index (χ0) is 34.7. The van der Waals surface area contributed by atoms with Crippen LogP contribution in [0.4, 0.5) is 4.79 Å². The van der Waals surface area contributed by atoms with Gasteiger partial charge in [-0.2, -0.15) is 5.10 Å². The molecule has 1 aromatic carbocycles. The topological polar surface area (TPSA) is 126 Å². The number of ether oxygens (including phenoxy) is 1. The Balaban J connectivity index is 1.49. The molecule has 0 radical (unpaired) electrons. The average Bonchev–Trinajstić information content (AvgIpc) is 3.85. The van der Waals surface area contributed by atoms with Gasteiger partial charge in [-0.3, -0.25) is 19.6 Å². The molecule has 5 rings (SSSR count). The van der Waals surface area contributed by atoms with Crippen LogP contribution >= 0.6 is 0 Å². The van der Waals surface area contributed by atoms with Gasteiger partial charge in [0, 0.05) is 18.0 Å². The first kappa shape index (κ1) is 34.7. The zero-order valence-corrected chi connectivity index (χ0v) is 29.2. The maximum atomic E-state index is 15.0. The molecule has 1 atom stereocenters. The maximum absolute atomic E-state index is 15.0. The predicted octanol–water partition coefficient (Wildman–Crippen LogP) is 6.20. The van der Waals surface area contributed by atoms with E-state index in [4.69, 9.17) is 14.7 Å². The number of pyridine rings is 2. The highest BCUT2D eigenvalue weighted by Gasteiger charge is 2.54. The van der Waals surface area contributed by atoms with E-state index >= 15 is 0 Å². The predicted molar refractivity (Wildman–Crippen MR) is 185 cm³/mol. The molecule has 0 spiro atoms. The molecule has 2 aromatic heterocycles. The molecule has 1 saturated carbocycles. The summed E-state index contributed by atoms with van der Waals surface area (Å²) < 4.78 is 5.40. The van der Waals surface area contributed by atoms with Gasteiger partial charge in [0.1, 0.15) is 5.60 Å². The lowest BCUT2D eigenvalue weighted by Crippen LogP contribution is -2.43. The van der Waals surface area contributed by atoms with Crippen LogP contribution in [0.1, 0.15) is 112 Å². The lowest BCUT2D eigenvalue weighted by molar-refractivity contribution is -0.137. The molecule has 3 amide bonds. The first-order valence-electron chi connectivity index (χ1n) is 16.8. The van der Waals surface area contributed by atoms with Crippen LogP contribution in [0.3, 0.4) is 0 Å². The number of amides is 3. The minimum atomic E-state index is -0.720. The van der Waals surface area contributed by atoms with Gasteiger partial charge in [0.15, 0.2) is 0 Å². The van der Waals surface area contributed by atoms with Gasteiger partial charge < -0.3 is 15.0 Å². The van der Waals surface area contributed by atoms with E-state index in [1.807, 2.05) is 54.5 Å². The molecule has 0 aliphatic heterocycles. The number of aromatic nitrogens is 2. The van der Waals surface area contributed by atoms with Crippen LogP contribution < -0.4 is 10.7 Å². The second-order valence-electron chi connectivity index (χ2n) is 14.9. The Morgan fingerprint density at radius 3 is 2.50 bits per heavy atom. The van der Waals surface area contributed by atoms with Gasteiger partial charge in [-0.1, -0.05) is 45.0 Å². The fourth-order valence-electron chi connectivity index (χ4n) is 6.37. The van der Waals surface area contributed by atoms with Crippen molar-refractivity contribution in [1.29, 1.82) is 0 Å². The normalized spacial score (nSPS) is 17.1. The number of benzene rings is 1. The second kappa shape index (κ2) is 13.9. The van der Waals surface area contributed by atoms with Crippen LogP contribution in [0, 0.1) is 6.92 Å². The Bertz CT molecular complexity index is 1680. The zero-order valence-electron chi connectivity index (χ0n) is 29.2. The SMILES string of the molecule is Cc1ccc(C2(C(=O)N(Cc3ccc(C(C)(C)C)cn3)C3CCCc4cccnc43)CC2)cc1/C(CNC(=O)OC(C)(C)C)=N\NC=O. The summed E-state index contributed by atoms with van der Waals surface area (Å²) in [4.78, 5) is 50.3. The van der Waals surface area contributed by atoms with Crippen molar-refractivity contribution in [3.05, 3.63) is 94.1 Å². The number of hydrogen-bond acceptors (Lipinski definition) is 7. The number of carbonyl (C=O) groups is 3. The van der Waals surface area contributed by atoms with Gasteiger partial charge >= 0.3 is 6.09 Å². The summed E-state index contributed by atoms with van der Waals surface area (Å²) in [6, 6.07) is 14.0. The summed E-state index contributed by atoms with van der Waals surface area (Å²) in [6.07, 6.45) is 7.78. The third-order valence-corrected chi connectivity index (χ3v) is 9.14. The van der Waals surface area contributed by atoms with Gasteiger partial charge in [0.2, 0.25) is 12.3 Å². The highest BCUT2D eigenvalue weighted by molar-refractivity contribution is 6.05. The molecule has 2 aliphatic carbocycles. The monoisotopic (exact) mass is 652 g/mol. The molecule has 0 bridgehead atoms. The van der Waals surface area contributed by atoms with Crippen molar-refractivity contribution >= 4 is 24.1 Å². The molecular weight excluding hydrogens is 604 g/mol. The number of hydrazone groups is 1. The molecule has 10 nitrogen and oxygen atoms in total. The minimum absolute atomic E-state index is 0.0217. The van der Waals surface area contributed by atoms with E-state index in [-0.39, 0.29) is 23.9 Å². The average molecular weight is 653 g/mol. The van der Waals surface area contributed by atoms with E-state index < -0.39 is 17.1 Å². The van der Waals surface area contributed by atoms with Gasteiger partial charge in [-0.15, -0.1) is 0 Å². The van der Waals surface area contributed by atoms with Crippen molar-refractivity contribution in [1.82, 2.24) is 25.6 Å². The van der Waals surface area contributed by atoms with E-state index in [0.717, 1.165) is 52.9 Å². The van der Waals surface area contributed by atoms with E-state index in [9.17, 15) is 14.4 Å². The van der Waals surface area contributed by atoms with E-state index in [1.54, 1.807) is 20.8 Å². The number of nitrogens with one attached hydrogen (secondary N) is 2. The smallest absolute Gasteiger partial charge is 0.407 e. The summed E-state index contributed by atoms with van der Waals surface area (Å²) in [5.74, 6) is 0.0545. The fourth-order valence-corrected chi connectivity index (χ4v) is 6.37. The molecule has 2 N–H and O–H groups in total. The molecule has 254 valence electrons. The van der Waals surface area contributed by atoms with Crippen LogP contribution in [-0.2, 0) is 38.1 Å². The molecule has 1 unspecified atom stereocenters. The molecule has 0 saturated heterocycles. The first-order valence-corrected chi connectivity index (χ1v) is 16.8. The van der Waals surface area contributed by atoms with Crippen molar-refractivity contribution in [3.63, 3.8) is 0 Å². The summed E-state index contributed by atoms with van der Waals surface area (Å²) in [5.41, 5.74) is 8.04. The van der Waals surface area contributed by atoms with Crippen molar-refractivity contribution in [3.8, 4) is 0 Å². The lowest BCUT2D eigenvalue weighted by atomic mass is 9.86. The summed E-state index contributed by atoms with van der Waals surface area (Å²) >= 11 is 0. The van der Waals surface area contributed by atoms with E-state index in [1.165, 1.54) is 5.56 Å². The van der Waals surface area contributed by atoms with E-state index in [0.29, 0.717) is 31.5 Å². The quantitative estimate of drug-likeness (QED) is 0.153. The fraction of sp³-hybridized carbons (Fsp3) is 0.474. The Morgan fingerprint density at radius 1 is 1.08 bits per heavy atom. The third kappa shape index (κ3) is 7.91. The van der Waals surface area contributed by atoms with Crippen LogP contribution in [0.25, 0.3) is 0 Å². The number of rotatable bonds is 10. The van der Waals surface area contributed by atoms with Crippen molar-refractivity contribution in [2.45, 2.75) is 110 Å². The molecule has 2 aliphatic rings. The van der Waals surface area contributed by atoms with Crippen molar-refractivity contribution in [2.75, 3.05) is 6.54 Å². The maximum Gasteiger partial charge on any atom is 0.407 e. The largest absolute Gasteiger partial charge is 0.444 e. The number of fused-ring (bicyclic) bond motifs is 1. The number of aryl methyl sites for hydroxylation is 2.